The van der Waals surface area contributed by atoms with Crippen LogP contribution in [0.5, 0.6) is 0 Å². The molecule has 1 aliphatic heterocycles. The number of nitrogens with zero attached hydrogens (tertiary/aromatic N) is 3. The molecule has 22 heavy (non-hydrogen) atoms. The Balaban J connectivity index is 1.96. The van der Waals surface area contributed by atoms with Crippen LogP contribution in [0.2, 0.25) is 0 Å². The molecule has 0 N–H and O–H groups in total. The van der Waals surface area contributed by atoms with E-state index in [-0.39, 0.29) is 29.6 Å². The number of non-ortho nitro benzene ring substituents is 1. The Morgan fingerprint density at radius 2 is 1.82 bits per heavy atom. The third-order valence-electron chi connectivity index (χ3n) is 3.62. The van der Waals surface area contributed by atoms with E-state index in [4.69, 9.17) is 0 Å². The van der Waals surface area contributed by atoms with Gasteiger partial charge < -0.3 is 4.90 Å². The van der Waals surface area contributed by atoms with E-state index < -0.39 is 14.8 Å². The van der Waals surface area contributed by atoms with Crippen LogP contribution in [0.4, 0.5) is 11.4 Å². The molecule has 2 rings (SSSR count). The zero-order valence-electron chi connectivity index (χ0n) is 12.1. The molecule has 1 aromatic rings. The maximum atomic E-state index is 12.2. The molecule has 9 heteroatoms. The molecule has 1 amide bonds. The first-order chi connectivity index (χ1) is 10.3. The van der Waals surface area contributed by atoms with Gasteiger partial charge in [0.25, 0.3) is 5.69 Å². The van der Waals surface area contributed by atoms with Gasteiger partial charge in [-0.1, -0.05) is 0 Å². The smallest absolute Gasteiger partial charge is 0.269 e. The lowest BCUT2D eigenvalue weighted by atomic mass is 10.2. The molecule has 8 nitrogen and oxygen atoms in total. The monoisotopic (exact) mass is 327 g/mol. The van der Waals surface area contributed by atoms with E-state index in [9.17, 15) is 23.3 Å². The highest BCUT2D eigenvalue weighted by molar-refractivity contribution is 7.91. The van der Waals surface area contributed by atoms with Crippen LogP contribution in [0.15, 0.2) is 24.3 Å². The summed E-state index contributed by atoms with van der Waals surface area (Å²) in [7, 11) is -1.38. The highest BCUT2D eigenvalue weighted by Crippen LogP contribution is 2.18. The summed E-state index contributed by atoms with van der Waals surface area (Å²) in [4.78, 5) is 25.5. The number of anilines is 1. The van der Waals surface area contributed by atoms with Crippen molar-refractivity contribution in [1.29, 1.82) is 0 Å². The topological polar surface area (TPSA) is 101 Å². The second kappa shape index (κ2) is 6.41. The molecule has 1 heterocycles. The number of nitro groups is 1. The summed E-state index contributed by atoms with van der Waals surface area (Å²) in [5.41, 5.74) is 0.520. The Bertz CT molecular complexity index is 657. The summed E-state index contributed by atoms with van der Waals surface area (Å²) < 4.78 is 22.7. The fourth-order valence-corrected chi connectivity index (χ4v) is 3.42. The van der Waals surface area contributed by atoms with E-state index in [0.717, 1.165) is 0 Å². The lowest BCUT2D eigenvalue weighted by Crippen LogP contribution is -2.45. The van der Waals surface area contributed by atoms with Crippen molar-refractivity contribution >= 4 is 27.1 Å². The zero-order chi connectivity index (χ0) is 16.3. The van der Waals surface area contributed by atoms with Crippen molar-refractivity contribution in [1.82, 2.24) is 4.90 Å². The molecular formula is C13H17N3O5S. The fraction of sp³-hybridized carbons (Fsp3) is 0.462. The minimum Gasteiger partial charge on any atom is -0.314 e. The highest BCUT2D eigenvalue weighted by Gasteiger charge is 2.24. The van der Waals surface area contributed by atoms with E-state index in [0.29, 0.717) is 18.8 Å². The van der Waals surface area contributed by atoms with Crippen LogP contribution in [0.25, 0.3) is 0 Å². The third-order valence-corrected chi connectivity index (χ3v) is 5.23. The second-order valence-electron chi connectivity index (χ2n) is 5.15. The van der Waals surface area contributed by atoms with Gasteiger partial charge in [-0.15, -0.1) is 0 Å². The van der Waals surface area contributed by atoms with Gasteiger partial charge in [-0.05, 0) is 12.1 Å². The Hall–Kier alpha value is -2.00. The predicted molar refractivity (Wildman–Crippen MR) is 81.6 cm³/mol. The summed E-state index contributed by atoms with van der Waals surface area (Å²) in [5, 5.41) is 10.6. The zero-order valence-corrected chi connectivity index (χ0v) is 13.0. The molecule has 1 saturated heterocycles. The van der Waals surface area contributed by atoms with Crippen LogP contribution < -0.4 is 4.90 Å². The third kappa shape index (κ3) is 4.01. The lowest BCUT2D eigenvalue weighted by molar-refractivity contribution is -0.384. The first kappa shape index (κ1) is 16.4. The summed E-state index contributed by atoms with van der Waals surface area (Å²) in [6.07, 6.45) is 0. The van der Waals surface area contributed by atoms with Gasteiger partial charge in [-0.2, -0.15) is 0 Å². The van der Waals surface area contributed by atoms with Crippen molar-refractivity contribution < 1.29 is 18.1 Å². The van der Waals surface area contributed by atoms with Crippen molar-refractivity contribution in [3.05, 3.63) is 34.4 Å². The number of sulfone groups is 1. The molecule has 0 spiro atoms. The van der Waals surface area contributed by atoms with Crippen molar-refractivity contribution in [2.75, 3.05) is 43.1 Å². The van der Waals surface area contributed by atoms with Gasteiger partial charge in [0, 0.05) is 38.0 Å². The van der Waals surface area contributed by atoms with E-state index in [1.165, 1.54) is 29.2 Å². The Labute approximate surface area is 128 Å². The standard InChI is InChI=1S/C13H17N3O5S/c1-14(11-2-4-12(5-3-11)16(18)19)13(17)10-15-6-8-22(20,21)9-7-15/h2-5H,6-10H2,1H3. The number of likely N-dealkylation sites (N-methyl/N-ethyl adjacent to an activating group) is 1. The SMILES string of the molecule is CN(C(=O)CN1CCS(=O)(=O)CC1)c1ccc([N+](=O)[O-])cc1. The number of carbonyl (C=O) groups excluding carboxylic acids is 1. The molecule has 1 aliphatic rings. The van der Waals surface area contributed by atoms with Crippen molar-refractivity contribution in [2.24, 2.45) is 0 Å². The molecule has 1 aromatic carbocycles. The lowest BCUT2D eigenvalue weighted by Gasteiger charge is -2.28. The normalized spacial score (nSPS) is 17.9. The van der Waals surface area contributed by atoms with E-state index in [2.05, 4.69) is 0 Å². The molecule has 0 saturated carbocycles. The average molecular weight is 327 g/mol. The number of nitro benzene ring substituents is 1. The molecule has 120 valence electrons. The number of carbonyl (C=O) groups is 1. The Morgan fingerprint density at radius 1 is 1.27 bits per heavy atom. The minimum absolute atomic E-state index is 0.0363. The van der Waals surface area contributed by atoms with Crippen molar-refractivity contribution in [3.8, 4) is 0 Å². The first-order valence-electron chi connectivity index (χ1n) is 6.72. The van der Waals surface area contributed by atoms with Crippen LogP contribution in [-0.2, 0) is 14.6 Å². The van der Waals surface area contributed by atoms with Crippen molar-refractivity contribution in [3.63, 3.8) is 0 Å². The van der Waals surface area contributed by atoms with Gasteiger partial charge >= 0.3 is 0 Å². The van der Waals surface area contributed by atoms with Gasteiger partial charge in [0.05, 0.1) is 23.0 Å². The molecule has 0 bridgehead atoms. The molecule has 0 atom stereocenters. The quantitative estimate of drug-likeness (QED) is 0.582. The van der Waals surface area contributed by atoms with Gasteiger partial charge in [0.15, 0.2) is 9.84 Å². The maximum Gasteiger partial charge on any atom is 0.269 e. The fourth-order valence-electron chi connectivity index (χ4n) is 2.15. The van der Waals surface area contributed by atoms with Gasteiger partial charge in [0.1, 0.15) is 0 Å². The number of amides is 1. The molecule has 0 aliphatic carbocycles. The number of hydrogen-bond donors (Lipinski definition) is 0. The molecular weight excluding hydrogens is 310 g/mol. The highest BCUT2D eigenvalue weighted by atomic mass is 32.2. The first-order valence-corrected chi connectivity index (χ1v) is 8.54. The Kier molecular flexibility index (Phi) is 4.77. The predicted octanol–water partition coefficient (Wildman–Crippen LogP) is 0.288. The maximum absolute atomic E-state index is 12.2. The van der Waals surface area contributed by atoms with Crippen LogP contribution in [-0.4, -0.2) is 62.3 Å². The van der Waals surface area contributed by atoms with Crippen molar-refractivity contribution in [2.45, 2.75) is 0 Å². The molecule has 0 unspecified atom stereocenters. The Morgan fingerprint density at radius 3 is 2.32 bits per heavy atom. The number of hydrogen-bond acceptors (Lipinski definition) is 6. The average Bonchev–Trinajstić information content (AvgIpc) is 2.48. The summed E-state index contributed by atoms with van der Waals surface area (Å²) in [6.45, 7) is 0.827. The summed E-state index contributed by atoms with van der Waals surface area (Å²) >= 11 is 0. The molecule has 0 radical (unpaired) electrons. The summed E-state index contributed by atoms with van der Waals surface area (Å²) in [5.74, 6) is -0.0450. The summed E-state index contributed by atoms with van der Waals surface area (Å²) in [6, 6.07) is 5.70. The van der Waals surface area contributed by atoms with Crippen LogP contribution >= 0.6 is 0 Å². The van der Waals surface area contributed by atoms with Gasteiger partial charge in [0.2, 0.25) is 5.91 Å². The van der Waals surface area contributed by atoms with Crippen LogP contribution in [0.1, 0.15) is 0 Å². The van der Waals surface area contributed by atoms with E-state index >= 15 is 0 Å². The minimum atomic E-state index is -2.97. The van der Waals surface area contributed by atoms with Gasteiger partial charge in [-0.3, -0.25) is 19.8 Å². The van der Waals surface area contributed by atoms with Crippen LogP contribution in [0.3, 0.4) is 0 Å². The van der Waals surface area contributed by atoms with E-state index in [1.54, 1.807) is 11.9 Å². The van der Waals surface area contributed by atoms with Gasteiger partial charge in [-0.25, -0.2) is 8.42 Å². The largest absolute Gasteiger partial charge is 0.314 e. The van der Waals surface area contributed by atoms with E-state index in [1.807, 2.05) is 0 Å². The number of benzene rings is 1. The number of rotatable bonds is 4. The van der Waals surface area contributed by atoms with Crippen LogP contribution in [0, 0.1) is 10.1 Å². The molecule has 0 aromatic heterocycles. The second-order valence-corrected chi connectivity index (χ2v) is 7.46. The molecule has 1 fully saturated rings.